The van der Waals surface area contributed by atoms with Crippen molar-refractivity contribution >= 4 is 11.6 Å². The van der Waals surface area contributed by atoms with Crippen molar-refractivity contribution in [3.63, 3.8) is 0 Å². The van der Waals surface area contributed by atoms with Crippen LogP contribution >= 0.6 is 0 Å². The van der Waals surface area contributed by atoms with Gasteiger partial charge in [0.2, 0.25) is 0 Å². The quantitative estimate of drug-likeness (QED) is 0.944. The second-order valence-corrected chi connectivity index (χ2v) is 5.89. The largest absolute Gasteiger partial charge is 0.378 e. The van der Waals surface area contributed by atoms with E-state index in [2.05, 4.69) is 5.32 Å². The summed E-state index contributed by atoms with van der Waals surface area (Å²) in [6.07, 6.45) is 0. The highest BCUT2D eigenvalue weighted by atomic mass is 16.5. The number of carbonyl (C=O) groups is 1. The highest BCUT2D eigenvalue weighted by Gasteiger charge is 2.38. The number of hydrogen-bond donors (Lipinski definition) is 1. The first-order chi connectivity index (χ1) is 11.2. The van der Waals surface area contributed by atoms with E-state index in [4.69, 9.17) is 4.74 Å². The average molecular weight is 310 g/mol. The first kappa shape index (κ1) is 15.6. The molecule has 1 fully saturated rings. The van der Waals surface area contributed by atoms with Gasteiger partial charge in [0.25, 0.3) is 5.91 Å². The van der Waals surface area contributed by atoms with Crippen molar-refractivity contribution < 1.29 is 9.53 Å². The summed E-state index contributed by atoms with van der Waals surface area (Å²) in [5.41, 5.74) is 1.08. The maximum Gasteiger partial charge on any atom is 0.252 e. The molecule has 2 aromatic rings. The Morgan fingerprint density at radius 3 is 2.17 bits per heavy atom. The smallest absolute Gasteiger partial charge is 0.252 e. The molecule has 1 saturated heterocycles. The Balaban J connectivity index is 1.94. The predicted molar refractivity (Wildman–Crippen MR) is 91.3 cm³/mol. The van der Waals surface area contributed by atoms with Gasteiger partial charge in [-0.2, -0.15) is 0 Å². The van der Waals surface area contributed by atoms with E-state index in [1.165, 1.54) is 0 Å². The van der Waals surface area contributed by atoms with Crippen LogP contribution in [0.3, 0.4) is 0 Å². The van der Waals surface area contributed by atoms with E-state index >= 15 is 0 Å². The fourth-order valence-corrected chi connectivity index (χ4v) is 2.91. The van der Waals surface area contributed by atoms with E-state index < -0.39 is 5.54 Å². The third-order valence-corrected chi connectivity index (χ3v) is 4.25. The number of nitrogens with one attached hydrogen (secondary N) is 1. The Kier molecular flexibility index (Phi) is 4.63. The van der Waals surface area contributed by atoms with Crippen LogP contribution in [0, 0.1) is 0 Å². The highest BCUT2D eigenvalue weighted by molar-refractivity contribution is 5.90. The summed E-state index contributed by atoms with van der Waals surface area (Å²) in [5, 5.41) is 3.44. The Morgan fingerprint density at radius 1 is 1.00 bits per heavy atom. The van der Waals surface area contributed by atoms with Gasteiger partial charge in [-0.15, -0.1) is 0 Å². The van der Waals surface area contributed by atoms with Crippen LogP contribution in [0.15, 0.2) is 60.7 Å². The summed E-state index contributed by atoms with van der Waals surface area (Å²) in [5.74, 6) is 0.0795. The molecule has 1 aliphatic rings. The molecule has 0 aromatic heterocycles. The molecule has 120 valence electrons. The van der Waals surface area contributed by atoms with E-state index in [0.29, 0.717) is 26.3 Å². The van der Waals surface area contributed by atoms with Gasteiger partial charge < -0.3 is 15.0 Å². The summed E-state index contributed by atoms with van der Waals surface area (Å²) in [6, 6.07) is 19.7. The van der Waals surface area contributed by atoms with Crippen molar-refractivity contribution in [2.24, 2.45) is 0 Å². The third-order valence-electron chi connectivity index (χ3n) is 4.25. The van der Waals surface area contributed by atoms with Crippen molar-refractivity contribution in [3.05, 3.63) is 66.2 Å². The molecule has 4 heteroatoms. The lowest BCUT2D eigenvalue weighted by molar-refractivity contribution is -0.140. The fraction of sp³-hybridized carbons (Fsp3) is 0.316. The number of benzene rings is 2. The van der Waals surface area contributed by atoms with Gasteiger partial charge in [0.15, 0.2) is 0 Å². The van der Waals surface area contributed by atoms with Crippen molar-refractivity contribution in [2.45, 2.75) is 12.5 Å². The molecule has 1 unspecified atom stereocenters. The molecule has 23 heavy (non-hydrogen) atoms. The highest BCUT2D eigenvalue weighted by Crippen LogP contribution is 2.28. The zero-order chi connectivity index (χ0) is 16.1. The maximum atomic E-state index is 13.2. The lowest BCUT2D eigenvalue weighted by Crippen LogP contribution is -2.53. The van der Waals surface area contributed by atoms with Crippen molar-refractivity contribution in [1.82, 2.24) is 4.90 Å². The van der Waals surface area contributed by atoms with Crippen LogP contribution in [0.25, 0.3) is 0 Å². The molecule has 1 atom stereocenters. The first-order valence-corrected chi connectivity index (χ1v) is 7.96. The molecule has 0 spiro atoms. The van der Waals surface area contributed by atoms with Crippen LogP contribution in [0.5, 0.6) is 0 Å². The summed E-state index contributed by atoms with van der Waals surface area (Å²) in [6.45, 7) is 4.42. The van der Waals surface area contributed by atoms with Gasteiger partial charge in [-0.25, -0.2) is 0 Å². The van der Waals surface area contributed by atoms with E-state index in [9.17, 15) is 4.79 Å². The van der Waals surface area contributed by atoms with Crippen molar-refractivity contribution in [1.29, 1.82) is 0 Å². The number of anilines is 1. The van der Waals surface area contributed by atoms with Gasteiger partial charge in [-0.3, -0.25) is 4.79 Å². The number of hydrogen-bond acceptors (Lipinski definition) is 3. The molecule has 0 aliphatic carbocycles. The predicted octanol–water partition coefficient (Wildman–Crippen LogP) is 2.87. The van der Waals surface area contributed by atoms with Crippen molar-refractivity contribution in [2.75, 3.05) is 31.6 Å². The van der Waals surface area contributed by atoms with Crippen LogP contribution in [0.4, 0.5) is 5.69 Å². The molecule has 0 radical (unpaired) electrons. The molecule has 3 rings (SSSR count). The minimum Gasteiger partial charge on any atom is -0.378 e. The Morgan fingerprint density at radius 2 is 1.57 bits per heavy atom. The van der Waals surface area contributed by atoms with Gasteiger partial charge in [-0.05, 0) is 24.6 Å². The van der Waals surface area contributed by atoms with Gasteiger partial charge in [0, 0.05) is 18.8 Å². The Labute approximate surface area is 137 Å². The standard InChI is InChI=1S/C19H22N2O2/c1-19(16-8-4-2-5-9-16,20-17-10-6-3-7-11-17)18(22)21-12-14-23-15-13-21/h2-11,20H,12-15H2,1H3. The van der Waals surface area contributed by atoms with Gasteiger partial charge >= 0.3 is 0 Å². The molecule has 1 aliphatic heterocycles. The minimum absolute atomic E-state index is 0.0795. The molecule has 1 heterocycles. The van der Waals surface area contributed by atoms with E-state index in [1.54, 1.807) is 0 Å². The van der Waals surface area contributed by atoms with E-state index in [0.717, 1.165) is 11.3 Å². The van der Waals surface area contributed by atoms with Crippen LogP contribution < -0.4 is 5.32 Å². The minimum atomic E-state index is -0.806. The number of carbonyl (C=O) groups excluding carboxylic acids is 1. The number of ether oxygens (including phenoxy) is 1. The SMILES string of the molecule is CC(Nc1ccccc1)(C(=O)N1CCOCC1)c1ccccc1. The van der Waals surface area contributed by atoms with E-state index in [1.807, 2.05) is 72.5 Å². The molecule has 0 bridgehead atoms. The average Bonchev–Trinajstić information content (AvgIpc) is 2.63. The normalized spacial score (nSPS) is 17.3. The number of para-hydroxylation sites is 1. The summed E-state index contributed by atoms with van der Waals surface area (Å²) in [7, 11) is 0. The topological polar surface area (TPSA) is 41.6 Å². The molecule has 1 N–H and O–H groups in total. The number of morpholine rings is 1. The van der Waals surface area contributed by atoms with Gasteiger partial charge in [0.05, 0.1) is 13.2 Å². The Hall–Kier alpha value is -2.33. The molecular formula is C19H22N2O2. The molecule has 4 nitrogen and oxygen atoms in total. The molecule has 1 amide bonds. The van der Waals surface area contributed by atoms with E-state index in [-0.39, 0.29) is 5.91 Å². The number of rotatable bonds is 4. The zero-order valence-corrected chi connectivity index (χ0v) is 13.4. The van der Waals surface area contributed by atoms with Gasteiger partial charge in [-0.1, -0.05) is 48.5 Å². The number of nitrogens with zero attached hydrogens (tertiary/aromatic N) is 1. The lowest BCUT2D eigenvalue weighted by Gasteiger charge is -2.38. The summed E-state index contributed by atoms with van der Waals surface area (Å²) >= 11 is 0. The summed E-state index contributed by atoms with van der Waals surface area (Å²) < 4.78 is 5.37. The van der Waals surface area contributed by atoms with Crippen LogP contribution in [0.1, 0.15) is 12.5 Å². The second kappa shape index (κ2) is 6.84. The fourth-order valence-electron chi connectivity index (χ4n) is 2.91. The number of amides is 1. The van der Waals surface area contributed by atoms with Crippen molar-refractivity contribution in [3.8, 4) is 0 Å². The summed E-state index contributed by atoms with van der Waals surface area (Å²) in [4.78, 5) is 15.1. The zero-order valence-electron chi connectivity index (χ0n) is 13.4. The Bertz CT molecular complexity index is 639. The van der Waals surface area contributed by atoms with Crippen LogP contribution in [-0.2, 0) is 15.1 Å². The van der Waals surface area contributed by atoms with Crippen LogP contribution in [-0.4, -0.2) is 37.1 Å². The lowest BCUT2D eigenvalue weighted by atomic mass is 9.89. The molecule has 0 saturated carbocycles. The first-order valence-electron chi connectivity index (χ1n) is 7.96. The third kappa shape index (κ3) is 3.37. The monoisotopic (exact) mass is 310 g/mol. The maximum absolute atomic E-state index is 13.2. The van der Waals surface area contributed by atoms with Crippen LogP contribution in [0.2, 0.25) is 0 Å². The second-order valence-electron chi connectivity index (χ2n) is 5.89. The molecular weight excluding hydrogens is 288 g/mol. The van der Waals surface area contributed by atoms with Gasteiger partial charge in [0.1, 0.15) is 5.54 Å². The molecule has 2 aromatic carbocycles.